The first-order valence-corrected chi connectivity index (χ1v) is 7.03. The number of anilines is 1. The molecule has 0 radical (unpaired) electrons. The number of nitrogens with two attached hydrogens (primary N) is 1. The van der Waals surface area contributed by atoms with Crippen molar-refractivity contribution in [1.29, 1.82) is 0 Å². The van der Waals surface area contributed by atoms with E-state index in [0.29, 0.717) is 37.5 Å². The summed E-state index contributed by atoms with van der Waals surface area (Å²) in [5, 5.41) is 2.81. The van der Waals surface area contributed by atoms with Gasteiger partial charge in [-0.15, -0.1) is 0 Å². The SMILES string of the molecule is CC(=O)c1cccc(NC(=O)CN2CCOC(CN)C2)c1. The molecular weight excluding hydrogens is 270 g/mol. The zero-order valence-electron chi connectivity index (χ0n) is 12.2. The lowest BCUT2D eigenvalue weighted by atomic mass is 10.1. The molecule has 1 aliphatic rings. The average Bonchev–Trinajstić information content (AvgIpc) is 2.47. The number of carbonyl (C=O) groups is 2. The minimum atomic E-state index is -0.103. The molecule has 1 atom stereocenters. The lowest BCUT2D eigenvalue weighted by molar-refractivity contribution is -0.119. The quantitative estimate of drug-likeness (QED) is 0.771. The highest BCUT2D eigenvalue weighted by Crippen LogP contribution is 2.11. The fraction of sp³-hybridized carbons (Fsp3) is 0.467. The number of benzene rings is 1. The van der Waals surface area contributed by atoms with Crippen LogP contribution in [0, 0.1) is 0 Å². The third-order valence-corrected chi connectivity index (χ3v) is 3.41. The van der Waals surface area contributed by atoms with Gasteiger partial charge in [-0.05, 0) is 19.1 Å². The molecule has 1 aromatic carbocycles. The number of nitrogens with one attached hydrogen (secondary N) is 1. The molecular formula is C15H21N3O3. The summed E-state index contributed by atoms with van der Waals surface area (Å²) in [7, 11) is 0. The molecule has 1 amide bonds. The molecule has 0 bridgehead atoms. The highest BCUT2D eigenvalue weighted by atomic mass is 16.5. The predicted molar refractivity (Wildman–Crippen MR) is 80.3 cm³/mol. The number of hydrogen-bond donors (Lipinski definition) is 2. The van der Waals surface area contributed by atoms with E-state index in [-0.39, 0.29) is 17.8 Å². The highest BCUT2D eigenvalue weighted by molar-refractivity contribution is 5.97. The number of rotatable bonds is 5. The van der Waals surface area contributed by atoms with Gasteiger partial charge in [0.15, 0.2) is 5.78 Å². The van der Waals surface area contributed by atoms with Crippen molar-refractivity contribution in [2.24, 2.45) is 5.73 Å². The second-order valence-corrected chi connectivity index (χ2v) is 5.15. The molecule has 1 unspecified atom stereocenters. The van der Waals surface area contributed by atoms with Crippen LogP contribution in [0.15, 0.2) is 24.3 Å². The van der Waals surface area contributed by atoms with Gasteiger partial charge in [-0.2, -0.15) is 0 Å². The Morgan fingerprint density at radius 2 is 2.29 bits per heavy atom. The molecule has 0 aliphatic carbocycles. The molecule has 1 aromatic rings. The van der Waals surface area contributed by atoms with Crippen LogP contribution in [0.3, 0.4) is 0 Å². The van der Waals surface area contributed by atoms with E-state index in [0.717, 1.165) is 6.54 Å². The minimum absolute atomic E-state index is 0.00686. The molecule has 1 fully saturated rings. The Morgan fingerprint density at radius 1 is 1.48 bits per heavy atom. The molecule has 114 valence electrons. The Bertz CT molecular complexity index is 519. The van der Waals surface area contributed by atoms with Gasteiger partial charge in [0.05, 0.1) is 19.3 Å². The molecule has 0 spiro atoms. The Hall–Kier alpha value is -1.76. The van der Waals surface area contributed by atoms with Crippen LogP contribution in [0.25, 0.3) is 0 Å². The van der Waals surface area contributed by atoms with Crippen molar-refractivity contribution in [3.05, 3.63) is 29.8 Å². The predicted octanol–water partition coefficient (Wildman–Crippen LogP) is 0.487. The zero-order valence-corrected chi connectivity index (χ0v) is 12.2. The smallest absolute Gasteiger partial charge is 0.238 e. The van der Waals surface area contributed by atoms with E-state index in [4.69, 9.17) is 10.5 Å². The molecule has 0 aromatic heterocycles. The first kappa shape index (κ1) is 15.6. The fourth-order valence-corrected chi connectivity index (χ4v) is 2.29. The summed E-state index contributed by atoms with van der Waals surface area (Å²) in [6.07, 6.45) is -0.00686. The van der Waals surface area contributed by atoms with E-state index in [9.17, 15) is 9.59 Å². The Kier molecular flexibility index (Phi) is 5.44. The molecule has 6 heteroatoms. The molecule has 21 heavy (non-hydrogen) atoms. The van der Waals surface area contributed by atoms with Crippen LogP contribution in [0.4, 0.5) is 5.69 Å². The second-order valence-electron chi connectivity index (χ2n) is 5.15. The Balaban J connectivity index is 1.89. The fourth-order valence-electron chi connectivity index (χ4n) is 2.29. The largest absolute Gasteiger partial charge is 0.374 e. The third-order valence-electron chi connectivity index (χ3n) is 3.41. The van der Waals surface area contributed by atoms with E-state index < -0.39 is 0 Å². The van der Waals surface area contributed by atoms with Gasteiger partial charge in [0.2, 0.25) is 5.91 Å². The van der Waals surface area contributed by atoms with Crippen LogP contribution in [0.2, 0.25) is 0 Å². The number of hydrogen-bond acceptors (Lipinski definition) is 5. The molecule has 1 heterocycles. The summed E-state index contributed by atoms with van der Waals surface area (Å²) in [5.74, 6) is -0.126. The summed E-state index contributed by atoms with van der Waals surface area (Å²) < 4.78 is 5.46. The number of ketones is 1. The third kappa shape index (κ3) is 4.63. The van der Waals surface area contributed by atoms with Crippen molar-refractivity contribution in [2.75, 3.05) is 38.1 Å². The number of nitrogens with zero attached hydrogens (tertiary/aromatic N) is 1. The van der Waals surface area contributed by atoms with Crippen LogP contribution in [0.1, 0.15) is 17.3 Å². The van der Waals surface area contributed by atoms with Gasteiger partial charge in [-0.25, -0.2) is 0 Å². The maximum Gasteiger partial charge on any atom is 0.238 e. The first-order valence-electron chi connectivity index (χ1n) is 7.03. The van der Waals surface area contributed by atoms with Gasteiger partial charge in [-0.3, -0.25) is 14.5 Å². The minimum Gasteiger partial charge on any atom is -0.374 e. The normalized spacial score (nSPS) is 19.2. The second kappa shape index (κ2) is 7.31. The summed E-state index contributed by atoms with van der Waals surface area (Å²) in [4.78, 5) is 25.4. The number of morpholine rings is 1. The van der Waals surface area contributed by atoms with E-state index in [1.807, 2.05) is 4.90 Å². The van der Waals surface area contributed by atoms with Crippen LogP contribution in [0.5, 0.6) is 0 Å². The van der Waals surface area contributed by atoms with Gasteiger partial charge < -0.3 is 15.8 Å². The lowest BCUT2D eigenvalue weighted by Gasteiger charge is -2.31. The molecule has 2 rings (SSSR count). The zero-order chi connectivity index (χ0) is 15.2. The first-order chi connectivity index (χ1) is 10.1. The average molecular weight is 291 g/mol. The summed E-state index contributed by atoms with van der Waals surface area (Å²) in [6.45, 7) is 4.23. The van der Waals surface area contributed by atoms with Crippen LogP contribution < -0.4 is 11.1 Å². The number of amides is 1. The van der Waals surface area contributed by atoms with Crippen molar-refractivity contribution >= 4 is 17.4 Å². The number of carbonyl (C=O) groups excluding carboxylic acids is 2. The topological polar surface area (TPSA) is 84.7 Å². The van der Waals surface area contributed by atoms with Gasteiger partial charge in [0.25, 0.3) is 0 Å². The van der Waals surface area contributed by atoms with Gasteiger partial charge >= 0.3 is 0 Å². The van der Waals surface area contributed by atoms with E-state index in [1.165, 1.54) is 6.92 Å². The molecule has 0 saturated carbocycles. The standard InChI is InChI=1S/C15H21N3O3/c1-11(19)12-3-2-4-13(7-12)17-15(20)10-18-5-6-21-14(8-16)9-18/h2-4,7,14H,5-6,8-10,16H2,1H3,(H,17,20). The van der Waals surface area contributed by atoms with Gasteiger partial charge in [0.1, 0.15) is 0 Å². The lowest BCUT2D eigenvalue weighted by Crippen LogP contribution is -2.48. The van der Waals surface area contributed by atoms with Crippen molar-refractivity contribution < 1.29 is 14.3 Å². The molecule has 1 aliphatic heterocycles. The Labute approximate surface area is 124 Å². The highest BCUT2D eigenvalue weighted by Gasteiger charge is 2.21. The van der Waals surface area contributed by atoms with Gasteiger partial charge in [-0.1, -0.05) is 12.1 Å². The van der Waals surface area contributed by atoms with Crippen LogP contribution >= 0.6 is 0 Å². The maximum atomic E-state index is 12.0. The van der Waals surface area contributed by atoms with Crippen molar-refractivity contribution in [1.82, 2.24) is 4.90 Å². The summed E-state index contributed by atoms with van der Waals surface area (Å²) in [5.41, 5.74) is 6.80. The van der Waals surface area contributed by atoms with E-state index >= 15 is 0 Å². The van der Waals surface area contributed by atoms with Crippen LogP contribution in [-0.2, 0) is 9.53 Å². The van der Waals surface area contributed by atoms with Crippen LogP contribution in [-0.4, -0.2) is 55.5 Å². The van der Waals surface area contributed by atoms with Crippen molar-refractivity contribution in [3.63, 3.8) is 0 Å². The molecule has 1 saturated heterocycles. The molecule has 3 N–H and O–H groups in total. The summed E-state index contributed by atoms with van der Waals surface area (Å²) in [6, 6.07) is 6.94. The monoisotopic (exact) mass is 291 g/mol. The number of Topliss-reactive ketones (excluding diaryl/α,β-unsaturated/α-hetero) is 1. The van der Waals surface area contributed by atoms with E-state index in [2.05, 4.69) is 5.32 Å². The summed E-state index contributed by atoms with van der Waals surface area (Å²) >= 11 is 0. The number of ether oxygens (including phenoxy) is 1. The Morgan fingerprint density at radius 3 is 3.00 bits per heavy atom. The maximum absolute atomic E-state index is 12.0. The van der Waals surface area contributed by atoms with Crippen molar-refractivity contribution in [3.8, 4) is 0 Å². The van der Waals surface area contributed by atoms with Crippen molar-refractivity contribution in [2.45, 2.75) is 13.0 Å². The van der Waals surface area contributed by atoms with Gasteiger partial charge in [0, 0.05) is 30.9 Å². The molecule has 6 nitrogen and oxygen atoms in total. The van der Waals surface area contributed by atoms with E-state index in [1.54, 1.807) is 24.3 Å².